The molecule has 0 fully saturated rings. The Morgan fingerprint density at radius 1 is 1.14 bits per heavy atom. The molecule has 1 N–H and O–H groups in total. The van der Waals surface area contributed by atoms with Crippen LogP contribution in [0.5, 0.6) is 0 Å². The van der Waals surface area contributed by atoms with Crippen molar-refractivity contribution >= 4 is 11.8 Å². The van der Waals surface area contributed by atoms with Crippen LogP contribution in [0.3, 0.4) is 0 Å². The lowest BCUT2D eigenvalue weighted by Crippen LogP contribution is -2.07. The molecule has 1 heterocycles. The van der Waals surface area contributed by atoms with E-state index in [-0.39, 0.29) is 18.6 Å². The van der Waals surface area contributed by atoms with E-state index < -0.39 is 11.6 Å². The third-order valence-electron chi connectivity index (χ3n) is 3.22. The fraction of sp³-hybridized carbons (Fsp3) is 0.438. The SMILES string of the molecule is CC(C)c1nc(CO)n(C(C)C)c1Sc1cc(F)cc(F)c1. The number of aromatic nitrogens is 2. The molecule has 0 radical (unpaired) electrons. The van der Waals surface area contributed by atoms with Crippen LogP contribution in [0.25, 0.3) is 0 Å². The van der Waals surface area contributed by atoms with Gasteiger partial charge in [0.25, 0.3) is 0 Å². The van der Waals surface area contributed by atoms with Crippen molar-refractivity contribution in [1.29, 1.82) is 0 Å². The monoisotopic (exact) mass is 326 g/mol. The van der Waals surface area contributed by atoms with Crippen molar-refractivity contribution in [2.75, 3.05) is 0 Å². The second-order valence-corrected chi connectivity index (χ2v) is 6.76. The van der Waals surface area contributed by atoms with Crippen molar-refractivity contribution in [3.05, 3.63) is 41.4 Å². The topological polar surface area (TPSA) is 38.1 Å². The fourth-order valence-electron chi connectivity index (χ4n) is 2.30. The zero-order valence-corrected chi connectivity index (χ0v) is 13.9. The summed E-state index contributed by atoms with van der Waals surface area (Å²) in [6.07, 6.45) is 0. The number of hydrogen-bond acceptors (Lipinski definition) is 3. The van der Waals surface area contributed by atoms with Crippen molar-refractivity contribution in [2.45, 2.75) is 56.2 Å². The van der Waals surface area contributed by atoms with Gasteiger partial charge in [0.15, 0.2) is 0 Å². The van der Waals surface area contributed by atoms with Gasteiger partial charge in [0.1, 0.15) is 29.1 Å². The maximum Gasteiger partial charge on any atom is 0.135 e. The number of benzene rings is 1. The number of halogens is 2. The van der Waals surface area contributed by atoms with Crippen LogP contribution in [-0.2, 0) is 6.61 Å². The van der Waals surface area contributed by atoms with E-state index in [1.807, 2.05) is 32.3 Å². The summed E-state index contributed by atoms with van der Waals surface area (Å²) in [5.41, 5.74) is 0.826. The van der Waals surface area contributed by atoms with Gasteiger partial charge in [0.05, 0.1) is 5.69 Å². The van der Waals surface area contributed by atoms with Gasteiger partial charge in [-0.1, -0.05) is 25.6 Å². The van der Waals surface area contributed by atoms with E-state index in [0.717, 1.165) is 16.8 Å². The molecule has 0 bridgehead atoms. The molecule has 0 saturated heterocycles. The zero-order chi connectivity index (χ0) is 16.4. The Morgan fingerprint density at radius 3 is 2.18 bits per heavy atom. The smallest absolute Gasteiger partial charge is 0.135 e. The van der Waals surface area contributed by atoms with Gasteiger partial charge in [-0.2, -0.15) is 0 Å². The maximum absolute atomic E-state index is 13.4. The molecule has 0 atom stereocenters. The third-order valence-corrected chi connectivity index (χ3v) is 4.29. The minimum absolute atomic E-state index is 0.0862. The van der Waals surface area contributed by atoms with Crippen LogP contribution in [0.4, 0.5) is 8.78 Å². The molecule has 22 heavy (non-hydrogen) atoms. The molecule has 0 amide bonds. The molecule has 0 aliphatic rings. The Balaban J connectivity index is 2.54. The first-order chi connectivity index (χ1) is 10.3. The Morgan fingerprint density at radius 2 is 1.73 bits per heavy atom. The highest BCUT2D eigenvalue weighted by Gasteiger charge is 2.22. The van der Waals surface area contributed by atoms with E-state index in [1.165, 1.54) is 23.9 Å². The van der Waals surface area contributed by atoms with Crippen molar-refractivity contribution in [2.24, 2.45) is 0 Å². The van der Waals surface area contributed by atoms with Gasteiger partial charge in [-0.15, -0.1) is 0 Å². The number of rotatable bonds is 5. The van der Waals surface area contributed by atoms with Gasteiger partial charge >= 0.3 is 0 Å². The van der Waals surface area contributed by atoms with Crippen LogP contribution in [0.1, 0.15) is 51.2 Å². The van der Waals surface area contributed by atoms with Crippen molar-refractivity contribution < 1.29 is 13.9 Å². The standard InChI is InChI=1S/C16H20F2N2OS/c1-9(2)15-16(20(10(3)4)14(8-21)19-15)22-13-6-11(17)5-12(18)7-13/h5-7,9-10,21H,8H2,1-4H3. The Hall–Kier alpha value is -1.40. The van der Waals surface area contributed by atoms with Crippen molar-refractivity contribution in [1.82, 2.24) is 9.55 Å². The van der Waals surface area contributed by atoms with Gasteiger partial charge in [0, 0.05) is 17.0 Å². The molecular weight excluding hydrogens is 306 g/mol. The van der Waals surface area contributed by atoms with E-state index in [2.05, 4.69) is 4.98 Å². The van der Waals surface area contributed by atoms with Crippen LogP contribution >= 0.6 is 11.8 Å². The summed E-state index contributed by atoms with van der Waals surface area (Å²) >= 11 is 1.27. The van der Waals surface area contributed by atoms with E-state index in [0.29, 0.717) is 10.7 Å². The zero-order valence-electron chi connectivity index (χ0n) is 13.1. The number of nitrogens with zero attached hydrogens (tertiary/aromatic N) is 2. The lowest BCUT2D eigenvalue weighted by molar-refractivity contribution is 0.260. The largest absolute Gasteiger partial charge is 0.388 e. The van der Waals surface area contributed by atoms with Crippen LogP contribution in [0.2, 0.25) is 0 Å². The first kappa shape index (κ1) is 17.0. The highest BCUT2D eigenvalue weighted by molar-refractivity contribution is 7.99. The second kappa shape index (κ2) is 6.79. The summed E-state index contributed by atoms with van der Waals surface area (Å²) in [6, 6.07) is 3.54. The summed E-state index contributed by atoms with van der Waals surface area (Å²) in [6.45, 7) is 7.81. The maximum atomic E-state index is 13.4. The molecule has 1 aromatic heterocycles. The predicted molar refractivity (Wildman–Crippen MR) is 83.1 cm³/mol. The number of aliphatic hydroxyl groups excluding tert-OH is 1. The number of imidazole rings is 1. The second-order valence-electron chi connectivity index (χ2n) is 5.70. The molecule has 0 spiro atoms. The lowest BCUT2D eigenvalue weighted by atomic mass is 10.1. The average molecular weight is 326 g/mol. The molecule has 0 saturated carbocycles. The summed E-state index contributed by atoms with van der Waals surface area (Å²) in [5.74, 6) is -0.498. The van der Waals surface area contributed by atoms with E-state index in [4.69, 9.17) is 0 Å². The Bertz CT molecular complexity index is 648. The lowest BCUT2D eigenvalue weighted by Gasteiger charge is -2.16. The molecule has 2 aromatic rings. The average Bonchev–Trinajstić information content (AvgIpc) is 2.76. The molecular formula is C16H20F2N2OS. The van der Waals surface area contributed by atoms with Crippen LogP contribution in [-0.4, -0.2) is 14.7 Å². The molecule has 6 heteroatoms. The number of aliphatic hydroxyl groups is 1. The van der Waals surface area contributed by atoms with E-state index in [9.17, 15) is 13.9 Å². The third kappa shape index (κ3) is 3.50. The summed E-state index contributed by atoms with van der Waals surface area (Å²) in [4.78, 5) is 4.97. The number of hydrogen-bond donors (Lipinski definition) is 1. The van der Waals surface area contributed by atoms with Gasteiger partial charge in [-0.3, -0.25) is 0 Å². The van der Waals surface area contributed by atoms with Crippen molar-refractivity contribution in [3.63, 3.8) is 0 Å². The molecule has 120 valence electrons. The normalized spacial score (nSPS) is 11.7. The molecule has 2 rings (SSSR count). The van der Waals surface area contributed by atoms with E-state index in [1.54, 1.807) is 0 Å². The predicted octanol–water partition coefficient (Wildman–Crippen LogP) is 4.51. The van der Waals surface area contributed by atoms with Crippen LogP contribution in [0, 0.1) is 11.6 Å². The Kier molecular flexibility index (Phi) is 5.24. The fourth-order valence-corrected chi connectivity index (χ4v) is 3.67. The summed E-state index contributed by atoms with van der Waals surface area (Å²) in [5, 5.41) is 10.3. The van der Waals surface area contributed by atoms with E-state index >= 15 is 0 Å². The molecule has 3 nitrogen and oxygen atoms in total. The highest BCUT2D eigenvalue weighted by atomic mass is 32.2. The minimum atomic E-state index is -0.605. The van der Waals surface area contributed by atoms with Gasteiger partial charge < -0.3 is 9.67 Å². The van der Waals surface area contributed by atoms with Gasteiger partial charge in [-0.05, 0) is 31.9 Å². The van der Waals surface area contributed by atoms with Crippen LogP contribution in [0.15, 0.2) is 28.1 Å². The molecule has 0 aliphatic carbocycles. The van der Waals surface area contributed by atoms with Crippen LogP contribution < -0.4 is 0 Å². The first-order valence-electron chi connectivity index (χ1n) is 7.19. The minimum Gasteiger partial charge on any atom is -0.388 e. The van der Waals surface area contributed by atoms with Gasteiger partial charge in [0.2, 0.25) is 0 Å². The molecule has 0 aliphatic heterocycles. The summed E-state index contributed by atoms with van der Waals surface area (Å²) in [7, 11) is 0. The Labute approximate surface area is 133 Å². The highest BCUT2D eigenvalue weighted by Crippen LogP contribution is 2.37. The quantitative estimate of drug-likeness (QED) is 0.878. The summed E-state index contributed by atoms with van der Waals surface area (Å²) < 4.78 is 28.7. The van der Waals surface area contributed by atoms with Gasteiger partial charge in [-0.25, -0.2) is 13.8 Å². The van der Waals surface area contributed by atoms with Crippen molar-refractivity contribution in [3.8, 4) is 0 Å². The molecule has 1 aromatic carbocycles. The first-order valence-corrected chi connectivity index (χ1v) is 8.01. The molecule has 0 unspecified atom stereocenters.